The minimum absolute atomic E-state index is 0.0422. The third-order valence-electron chi connectivity index (χ3n) is 2.09. The molecular formula is C11H10Cl2N2O2. The molecule has 0 saturated carbocycles. The van der Waals surface area contributed by atoms with E-state index in [1.54, 1.807) is 18.2 Å². The van der Waals surface area contributed by atoms with Crippen molar-refractivity contribution in [3.8, 4) is 6.07 Å². The highest BCUT2D eigenvalue weighted by atomic mass is 35.5. The van der Waals surface area contributed by atoms with Gasteiger partial charge in [-0.15, -0.1) is 0 Å². The second-order valence-electron chi connectivity index (χ2n) is 3.33. The summed E-state index contributed by atoms with van der Waals surface area (Å²) in [5.74, 6) is -0.914. The van der Waals surface area contributed by atoms with E-state index in [9.17, 15) is 4.79 Å². The van der Waals surface area contributed by atoms with Gasteiger partial charge in [-0.1, -0.05) is 29.3 Å². The van der Waals surface area contributed by atoms with Gasteiger partial charge >= 0.3 is 5.97 Å². The molecule has 4 nitrogen and oxygen atoms in total. The van der Waals surface area contributed by atoms with E-state index in [2.05, 4.69) is 5.32 Å². The summed E-state index contributed by atoms with van der Waals surface area (Å²) in [5, 5.41) is 21.1. The first-order valence-corrected chi connectivity index (χ1v) is 5.60. The second kappa shape index (κ2) is 6.45. The first-order chi connectivity index (χ1) is 8.04. The largest absolute Gasteiger partial charge is 0.481 e. The number of carboxylic acids is 1. The van der Waals surface area contributed by atoms with Crippen molar-refractivity contribution in [3.05, 3.63) is 33.8 Å². The van der Waals surface area contributed by atoms with Crippen molar-refractivity contribution < 1.29 is 9.90 Å². The quantitative estimate of drug-likeness (QED) is 0.864. The molecule has 0 spiro atoms. The summed E-state index contributed by atoms with van der Waals surface area (Å²) >= 11 is 11.6. The number of nitrogens with zero attached hydrogens (tertiary/aromatic N) is 1. The molecular weight excluding hydrogens is 263 g/mol. The number of carboxylic acid groups (broad SMARTS) is 1. The van der Waals surface area contributed by atoms with Gasteiger partial charge in [0, 0.05) is 6.54 Å². The molecule has 1 unspecified atom stereocenters. The average Bonchev–Trinajstić information content (AvgIpc) is 2.28. The van der Waals surface area contributed by atoms with Crippen LogP contribution in [0.4, 0.5) is 0 Å². The number of aliphatic carboxylic acids is 1. The number of benzene rings is 1. The normalized spacial score (nSPS) is 11.8. The fourth-order valence-corrected chi connectivity index (χ4v) is 1.56. The number of hydrogen-bond acceptors (Lipinski definition) is 3. The van der Waals surface area contributed by atoms with Crippen LogP contribution < -0.4 is 5.32 Å². The predicted octanol–water partition coefficient (Wildman–Crippen LogP) is 2.62. The van der Waals surface area contributed by atoms with E-state index in [4.69, 9.17) is 33.6 Å². The molecule has 6 heteroatoms. The van der Waals surface area contributed by atoms with Crippen molar-refractivity contribution in [1.82, 2.24) is 5.32 Å². The predicted molar refractivity (Wildman–Crippen MR) is 65.1 cm³/mol. The van der Waals surface area contributed by atoms with Gasteiger partial charge in [-0.25, -0.2) is 0 Å². The Morgan fingerprint density at radius 1 is 1.47 bits per heavy atom. The molecule has 0 amide bonds. The molecule has 0 fully saturated rings. The van der Waals surface area contributed by atoms with Gasteiger partial charge in [0.2, 0.25) is 0 Å². The first-order valence-electron chi connectivity index (χ1n) is 4.84. The van der Waals surface area contributed by atoms with Gasteiger partial charge in [-0.05, 0) is 17.7 Å². The summed E-state index contributed by atoms with van der Waals surface area (Å²) < 4.78 is 0. The van der Waals surface area contributed by atoms with E-state index in [1.165, 1.54) is 0 Å². The van der Waals surface area contributed by atoms with Gasteiger partial charge in [0.25, 0.3) is 0 Å². The van der Waals surface area contributed by atoms with E-state index in [0.717, 1.165) is 0 Å². The van der Waals surface area contributed by atoms with Crippen LogP contribution in [0, 0.1) is 11.3 Å². The number of halogens is 2. The van der Waals surface area contributed by atoms with Crippen molar-refractivity contribution in [1.29, 1.82) is 5.26 Å². The Bertz CT molecular complexity index is 457. The molecule has 0 radical (unpaired) electrons. The summed E-state index contributed by atoms with van der Waals surface area (Å²) in [6, 6.07) is 6.30. The van der Waals surface area contributed by atoms with E-state index in [1.807, 2.05) is 6.07 Å². The summed E-state index contributed by atoms with van der Waals surface area (Å²) in [7, 11) is 0. The second-order valence-corrected chi connectivity index (χ2v) is 4.15. The van der Waals surface area contributed by atoms with Crippen molar-refractivity contribution in [2.24, 2.45) is 0 Å². The van der Waals surface area contributed by atoms with E-state index in [-0.39, 0.29) is 13.0 Å². The third-order valence-corrected chi connectivity index (χ3v) is 2.83. The SMILES string of the molecule is N#CC(NCCC(=O)O)c1ccc(Cl)c(Cl)c1. The molecule has 0 heterocycles. The zero-order chi connectivity index (χ0) is 12.8. The third kappa shape index (κ3) is 4.23. The minimum atomic E-state index is -0.914. The maximum atomic E-state index is 10.3. The van der Waals surface area contributed by atoms with Crippen LogP contribution in [0.2, 0.25) is 10.0 Å². The molecule has 1 rings (SSSR count). The van der Waals surface area contributed by atoms with E-state index in [0.29, 0.717) is 15.6 Å². The van der Waals surface area contributed by atoms with Crippen LogP contribution in [0.15, 0.2) is 18.2 Å². The lowest BCUT2D eigenvalue weighted by Crippen LogP contribution is -2.23. The van der Waals surface area contributed by atoms with E-state index < -0.39 is 12.0 Å². The monoisotopic (exact) mass is 272 g/mol. The fraction of sp³-hybridized carbons (Fsp3) is 0.273. The zero-order valence-electron chi connectivity index (χ0n) is 8.78. The maximum Gasteiger partial charge on any atom is 0.304 e. The molecule has 2 N–H and O–H groups in total. The smallest absolute Gasteiger partial charge is 0.304 e. The van der Waals surface area contributed by atoms with Crippen LogP contribution in [-0.2, 0) is 4.79 Å². The molecule has 1 atom stereocenters. The number of nitrogens with one attached hydrogen (secondary N) is 1. The van der Waals surface area contributed by atoms with Crippen LogP contribution in [0.1, 0.15) is 18.0 Å². The van der Waals surface area contributed by atoms with Crippen LogP contribution in [0.5, 0.6) is 0 Å². The van der Waals surface area contributed by atoms with Crippen LogP contribution in [0.3, 0.4) is 0 Å². The van der Waals surface area contributed by atoms with Gasteiger partial charge in [0.15, 0.2) is 0 Å². The van der Waals surface area contributed by atoms with Crippen LogP contribution >= 0.6 is 23.2 Å². The van der Waals surface area contributed by atoms with Gasteiger partial charge in [0.1, 0.15) is 6.04 Å². The lowest BCUT2D eigenvalue weighted by Gasteiger charge is -2.11. The Morgan fingerprint density at radius 2 is 2.18 bits per heavy atom. The summed E-state index contributed by atoms with van der Waals surface area (Å²) in [6.45, 7) is 0.216. The molecule has 1 aromatic carbocycles. The molecule has 1 aromatic rings. The van der Waals surface area contributed by atoms with Crippen LogP contribution in [0.25, 0.3) is 0 Å². The summed E-state index contributed by atoms with van der Waals surface area (Å²) in [6.07, 6.45) is -0.0422. The molecule has 17 heavy (non-hydrogen) atoms. The van der Waals surface area contributed by atoms with Crippen molar-refractivity contribution in [3.63, 3.8) is 0 Å². The molecule has 0 aromatic heterocycles. The molecule has 0 aliphatic carbocycles. The Kier molecular flexibility index (Phi) is 5.23. The van der Waals surface area contributed by atoms with E-state index >= 15 is 0 Å². The molecule has 0 aliphatic rings. The standard InChI is InChI=1S/C11H10Cl2N2O2/c12-8-2-1-7(5-9(8)13)10(6-14)15-4-3-11(16)17/h1-2,5,10,15H,3-4H2,(H,16,17). The molecule has 0 bridgehead atoms. The van der Waals surface area contributed by atoms with Gasteiger partial charge in [0.05, 0.1) is 22.5 Å². The maximum absolute atomic E-state index is 10.3. The summed E-state index contributed by atoms with van der Waals surface area (Å²) in [5.41, 5.74) is 0.660. The molecule has 0 aliphatic heterocycles. The fourth-order valence-electron chi connectivity index (χ4n) is 1.25. The van der Waals surface area contributed by atoms with Gasteiger partial charge in [-0.2, -0.15) is 5.26 Å². The van der Waals surface area contributed by atoms with Crippen molar-refractivity contribution >= 4 is 29.2 Å². The Labute approximate surface area is 109 Å². The zero-order valence-corrected chi connectivity index (χ0v) is 10.3. The van der Waals surface area contributed by atoms with Crippen molar-refractivity contribution in [2.75, 3.05) is 6.54 Å². The minimum Gasteiger partial charge on any atom is -0.481 e. The number of carbonyl (C=O) groups is 1. The lowest BCUT2D eigenvalue weighted by atomic mass is 10.1. The highest BCUT2D eigenvalue weighted by Crippen LogP contribution is 2.25. The highest BCUT2D eigenvalue weighted by molar-refractivity contribution is 6.42. The Balaban J connectivity index is 2.70. The Hall–Kier alpha value is -1.28. The number of nitriles is 1. The topological polar surface area (TPSA) is 73.1 Å². The number of rotatable bonds is 5. The molecule has 90 valence electrons. The van der Waals surface area contributed by atoms with Gasteiger partial charge < -0.3 is 5.11 Å². The Morgan fingerprint density at radius 3 is 2.71 bits per heavy atom. The number of hydrogen-bond donors (Lipinski definition) is 2. The first kappa shape index (κ1) is 13.8. The van der Waals surface area contributed by atoms with Crippen molar-refractivity contribution in [2.45, 2.75) is 12.5 Å². The summed E-state index contributed by atoms with van der Waals surface area (Å²) in [4.78, 5) is 10.3. The van der Waals surface area contributed by atoms with Gasteiger partial charge in [-0.3, -0.25) is 10.1 Å². The lowest BCUT2D eigenvalue weighted by molar-refractivity contribution is -0.136. The molecule has 0 saturated heterocycles. The van der Waals surface area contributed by atoms with Crippen LogP contribution in [-0.4, -0.2) is 17.6 Å². The highest BCUT2D eigenvalue weighted by Gasteiger charge is 2.11. The average molecular weight is 273 g/mol.